The minimum atomic E-state index is -0.433. The second kappa shape index (κ2) is 7.02. The maximum atomic E-state index is 10.5. The Labute approximate surface area is 117 Å². The Morgan fingerprint density at radius 1 is 1.37 bits per heavy atom. The maximum Gasteiger partial charge on any atom is 0.0774 e. The molecule has 1 aliphatic heterocycles. The molecule has 2 rings (SSSR count). The van der Waals surface area contributed by atoms with Crippen molar-refractivity contribution in [3.63, 3.8) is 0 Å². The second-order valence-corrected chi connectivity index (χ2v) is 6.42. The number of nitrogens with one attached hydrogen (secondary N) is 1. The standard InChI is InChI=1S/C15H30N2O2/c1-3-16-14-6-9-19-11-13(14)10-17(2)12-15(18)7-4-5-8-15/h13-14,16,18H,3-12H2,1-2H3. The van der Waals surface area contributed by atoms with Crippen LogP contribution in [-0.4, -0.2) is 61.5 Å². The maximum absolute atomic E-state index is 10.5. The molecule has 4 heteroatoms. The highest BCUT2D eigenvalue weighted by atomic mass is 16.5. The molecule has 1 heterocycles. The van der Waals surface area contributed by atoms with Crippen LogP contribution in [0.3, 0.4) is 0 Å². The quantitative estimate of drug-likeness (QED) is 0.762. The van der Waals surface area contributed by atoms with Crippen molar-refractivity contribution in [3.05, 3.63) is 0 Å². The van der Waals surface area contributed by atoms with Crippen molar-refractivity contribution >= 4 is 0 Å². The molecule has 1 saturated heterocycles. The summed E-state index contributed by atoms with van der Waals surface area (Å²) in [6.07, 6.45) is 5.40. The topological polar surface area (TPSA) is 44.7 Å². The third-order valence-electron chi connectivity index (χ3n) is 4.59. The van der Waals surface area contributed by atoms with Gasteiger partial charge in [-0.2, -0.15) is 0 Å². The average molecular weight is 270 g/mol. The molecule has 0 aromatic carbocycles. The van der Waals surface area contributed by atoms with Crippen molar-refractivity contribution in [2.75, 3.05) is 39.9 Å². The van der Waals surface area contributed by atoms with Gasteiger partial charge in [0.1, 0.15) is 0 Å². The summed E-state index contributed by atoms with van der Waals surface area (Å²) in [5.74, 6) is 0.545. The first-order valence-corrected chi connectivity index (χ1v) is 7.85. The molecule has 1 saturated carbocycles. The molecular weight excluding hydrogens is 240 g/mol. The SMILES string of the molecule is CCNC1CCOCC1CN(C)CC1(O)CCCC1. The lowest BCUT2D eigenvalue weighted by molar-refractivity contribution is -0.0106. The molecule has 1 aliphatic carbocycles. The van der Waals surface area contributed by atoms with Crippen molar-refractivity contribution in [2.45, 2.75) is 50.7 Å². The Morgan fingerprint density at radius 2 is 2.11 bits per heavy atom. The van der Waals surface area contributed by atoms with E-state index >= 15 is 0 Å². The Morgan fingerprint density at radius 3 is 2.79 bits per heavy atom. The van der Waals surface area contributed by atoms with E-state index in [0.29, 0.717) is 12.0 Å². The molecule has 0 amide bonds. The van der Waals surface area contributed by atoms with E-state index in [1.54, 1.807) is 0 Å². The summed E-state index contributed by atoms with van der Waals surface area (Å²) in [6, 6.07) is 0.569. The van der Waals surface area contributed by atoms with Crippen LogP contribution in [0.2, 0.25) is 0 Å². The number of hydrogen-bond donors (Lipinski definition) is 2. The summed E-state index contributed by atoms with van der Waals surface area (Å²) in [5.41, 5.74) is -0.433. The third-order valence-corrected chi connectivity index (χ3v) is 4.59. The number of nitrogens with zero attached hydrogens (tertiary/aromatic N) is 1. The Balaban J connectivity index is 1.80. The van der Waals surface area contributed by atoms with Gasteiger partial charge in [0.2, 0.25) is 0 Å². The molecular formula is C15H30N2O2. The zero-order valence-corrected chi connectivity index (χ0v) is 12.5. The van der Waals surface area contributed by atoms with Crippen molar-refractivity contribution in [2.24, 2.45) is 5.92 Å². The molecule has 2 fully saturated rings. The molecule has 0 spiro atoms. The second-order valence-electron chi connectivity index (χ2n) is 6.42. The molecule has 2 aliphatic rings. The number of ether oxygens (including phenoxy) is 1. The smallest absolute Gasteiger partial charge is 0.0774 e. The van der Waals surface area contributed by atoms with Crippen LogP contribution < -0.4 is 5.32 Å². The van der Waals surface area contributed by atoms with E-state index < -0.39 is 5.60 Å². The van der Waals surface area contributed by atoms with Gasteiger partial charge in [-0.05, 0) is 32.9 Å². The first-order chi connectivity index (χ1) is 9.13. The Bertz CT molecular complexity index is 265. The van der Waals surface area contributed by atoms with Crippen molar-refractivity contribution < 1.29 is 9.84 Å². The van der Waals surface area contributed by atoms with Crippen LogP contribution in [0.1, 0.15) is 39.0 Å². The van der Waals surface area contributed by atoms with E-state index in [4.69, 9.17) is 4.74 Å². The Hall–Kier alpha value is -0.160. The van der Waals surface area contributed by atoms with Crippen molar-refractivity contribution in [1.82, 2.24) is 10.2 Å². The van der Waals surface area contributed by atoms with Crippen LogP contribution in [0.4, 0.5) is 0 Å². The lowest BCUT2D eigenvalue weighted by atomic mass is 9.94. The zero-order chi connectivity index (χ0) is 13.7. The summed E-state index contributed by atoms with van der Waals surface area (Å²) in [5, 5.41) is 14.0. The van der Waals surface area contributed by atoms with Crippen molar-refractivity contribution in [3.8, 4) is 0 Å². The number of hydrogen-bond acceptors (Lipinski definition) is 4. The minimum Gasteiger partial charge on any atom is -0.389 e. The fourth-order valence-corrected chi connectivity index (χ4v) is 3.67. The molecule has 2 N–H and O–H groups in total. The summed E-state index contributed by atoms with van der Waals surface area (Å²) in [7, 11) is 2.13. The number of rotatable bonds is 6. The predicted octanol–water partition coefficient (Wildman–Crippen LogP) is 1.24. The van der Waals surface area contributed by atoms with Gasteiger partial charge in [-0.1, -0.05) is 19.8 Å². The van der Waals surface area contributed by atoms with E-state index in [1.165, 1.54) is 12.8 Å². The molecule has 112 valence electrons. The fraction of sp³-hybridized carbons (Fsp3) is 1.00. The normalized spacial score (nSPS) is 30.9. The highest BCUT2D eigenvalue weighted by Gasteiger charge is 2.33. The highest BCUT2D eigenvalue weighted by Crippen LogP contribution is 2.30. The van der Waals surface area contributed by atoms with Crippen LogP contribution in [0, 0.1) is 5.92 Å². The Kier molecular flexibility index (Phi) is 5.63. The third kappa shape index (κ3) is 4.42. The van der Waals surface area contributed by atoms with Gasteiger partial charge in [0.05, 0.1) is 12.2 Å². The average Bonchev–Trinajstić information content (AvgIpc) is 2.78. The molecule has 0 radical (unpaired) electrons. The first kappa shape index (κ1) is 15.2. The van der Waals surface area contributed by atoms with Crippen LogP contribution in [0.25, 0.3) is 0 Å². The van der Waals surface area contributed by atoms with Gasteiger partial charge in [-0.3, -0.25) is 0 Å². The van der Waals surface area contributed by atoms with Crippen LogP contribution in [0.15, 0.2) is 0 Å². The molecule has 2 atom stereocenters. The molecule has 0 bridgehead atoms. The number of aliphatic hydroxyl groups is 1. The van der Waals surface area contributed by atoms with Crippen LogP contribution in [-0.2, 0) is 4.74 Å². The molecule has 4 nitrogen and oxygen atoms in total. The first-order valence-electron chi connectivity index (χ1n) is 7.85. The van der Waals surface area contributed by atoms with Gasteiger partial charge in [0.15, 0.2) is 0 Å². The van der Waals surface area contributed by atoms with Gasteiger partial charge in [0, 0.05) is 31.7 Å². The highest BCUT2D eigenvalue weighted by molar-refractivity contribution is 4.88. The minimum absolute atomic E-state index is 0.433. The molecule has 2 unspecified atom stereocenters. The predicted molar refractivity (Wildman–Crippen MR) is 77.3 cm³/mol. The summed E-state index contributed by atoms with van der Waals surface area (Å²) >= 11 is 0. The zero-order valence-electron chi connectivity index (χ0n) is 12.5. The molecule has 19 heavy (non-hydrogen) atoms. The summed E-state index contributed by atoms with van der Waals surface area (Å²) in [4.78, 5) is 2.30. The lowest BCUT2D eigenvalue weighted by Crippen LogP contribution is -2.49. The summed E-state index contributed by atoms with van der Waals surface area (Å²) < 4.78 is 5.63. The van der Waals surface area contributed by atoms with Crippen molar-refractivity contribution in [1.29, 1.82) is 0 Å². The van der Waals surface area contributed by atoms with E-state index in [2.05, 4.69) is 24.2 Å². The molecule has 0 aromatic rings. The largest absolute Gasteiger partial charge is 0.389 e. The van der Waals surface area contributed by atoms with Crippen LogP contribution in [0.5, 0.6) is 0 Å². The van der Waals surface area contributed by atoms with Gasteiger partial charge in [-0.15, -0.1) is 0 Å². The van der Waals surface area contributed by atoms with E-state index in [9.17, 15) is 5.11 Å². The van der Waals surface area contributed by atoms with Crippen LogP contribution >= 0.6 is 0 Å². The van der Waals surface area contributed by atoms with Gasteiger partial charge in [0.25, 0.3) is 0 Å². The number of likely N-dealkylation sites (N-methyl/N-ethyl adjacent to an activating group) is 1. The fourth-order valence-electron chi connectivity index (χ4n) is 3.67. The van der Waals surface area contributed by atoms with E-state index in [1.807, 2.05) is 0 Å². The summed E-state index contributed by atoms with van der Waals surface area (Å²) in [6.45, 7) is 6.73. The van der Waals surface area contributed by atoms with Gasteiger partial charge >= 0.3 is 0 Å². The van der Waals surface area contributed by atoms with Gasteiger partial charge < -0.3 is 20.1 Å². The molecule has 0 aromatic heterocycles. The lowest BCUT2D eigenvalue weighted by Gasteiger charge is -2.36. The van der Waals surface area contributed by atoms with E-state index in [0.717, 1.165) is 52.1 Å². The van der Waals surface area contributed by atoms with Gasteiger partial charge in [-0.25, -0.2) is 0 Å². The monoisotopic (exact) mass is 270 g/mol. The van der Waals surface area contributed by atoms with E-state index in [-0.39, 0.29) is 0 Å².